The molecule has 20 heavy (non-hydrogen) atoms. The molecule has 1 unspecified atom stereocenters. The SMILES string of the molecule is COCC(C)Nc1nc(C#N)cc2cnc(SC)nc12. The average Bonchev–Trinajstić information content (AvgIpc) is 2.46. The van der Waals surface area contributed by atoms with Crippen LogP contribution in [0, 0.1) is 11.3 Å². The number of rotatable bonds is 5. The van der Waals surface area contributed by atoms with Crippen LogP contribution in [0.1, 0.15) is 12.6 Å². The van der Waals surface area contributed by atoms with Gasteiger partial charge in [0.05, 0.1) is 6.61 Å². The van der Waals surface area contributed by atoms with Gasteiger partial charge in [0, 0.05) is 24.7 Å². The van der Waals surface area contributed by atoms with Gasteiger partial charge in [-0.2, -0.15) is 5.26 Å². The number of methoxy groups -OCH3 is 1. The van der Waals surface area contributed by atoms with Crippen molar-refractivity contribution in [3.05, 3.63) is 18.0 Å². The van der Waals surface area contributed by atoms with E-state index in [0.29, 0.717) is 28.8 Å². The molecule has 2 rings (SSSR count). The maximum absolute atomic E-state index is 9.05. The molecule has 2 aromatic heterocycles. The van der Waals surface area contributed by atoms with Crippen molar-refractivity contribution in [1.82, 2.24) is 15.0 Å². The quantitative estimate of drug-likeness (QED) is 0.666. The molecule has 6 nitrogen and oxygen atoms in total. The van der Waals surface area contributed by atoms with Crippen molar-refractivity contribution >= 4 is 28.5 Å². The third kappa shape index (κ3) is 3.15. The maximum Gasteiger partial charge on any atom is 0.187 e. The van der Waals surface area contributed by atoms with E-state index in [4.69, 9.17) is 10.00 Å². The van der Waals surface area contributed by atoms with E-state index in [-0.39, 0.29) is 6.04 Å². The third-order valence-electron chi connectivity index (χ3n) is 2.64. The topological polar surface area (TPSA) is 83.7 Å². The van der Waals surface area contributed by atoms with Gasteiger partial charge in [0.2, 0.25) is 0 Å². The predicted octanol–water partition coefficient (Wildman–Crippen LogP) is 2.07. The normalized spacial score (nSPS) is 12.1. The zero-order chi connectivity index (χ0) is 14.5. The molecule has 7 heteroatoms. The van der Waals surface area contributed by atoms with Gasteiger partial charge in [-0.3, -0.25) is 0 Å². The van der Waals surface area contributed by atoms with Crippen molar-refractivity contribution in [2.24, 2.45) is 0 Å². The summed E-state index contributed by atoms with van der Waals surface area (Å²) in [7, 11) is 1.64. The summed E-state index contributed by atoms with van der Waals surface area (Å²) in [4.78, 5) is 13.0. The highest BCUT2D eigenvalue weighted by molar-refractivity contribution is 7.98. The molecule has 0 bridgehead atoms. The highest BCUT2D eigenvalue weighted by Crippen LogP contribution is 2.23. The van der Waals surface area contributed by atoms with Crippen LogP contribution in [-0.2, 0) is 4.74 Å². The minimum absolute atomic E-state index is 0.0670. The van der Waals surface area contributed by atoms with E-state index in [9.17, 15) is 0 Å². The molecule has 0 fully saturated rings. The Kier molecular flexibility index (Phi) is 4.71. The molecule has 2 heterocycles. The molecule has 0 amide bonds. The van der Waals surface area contributed by atoms with Gasteiger partial charge in [0.15, 0.2) is 11.0 Å². The Morgan fingerprint density at radius 3 is 2.95 bits per heavy atom. The van der Waals surface area contributed by atoms with Crippen LogP contribution in [0.2, 0.25) is 0 Å². The van der Waals surface area contributed by atoms with Crippen molar-refractivity contribution in [2.45, 2.75) is 18.1 Å². The molecular formula is C13H15N5OS. The molecule has 0 aliphatic carbocycles. The Balaban J connectivity index is 2.51. The van der Waals surface area contributed by atoms with Crippen LogP contribution in [-0.4, -0.2) is 41.0 Å². The smallest absolute Gasteiger partial charge is 0.187 e. The van der Waals surface area contributed by atoms with Gasteiger partial charge in [0.1, 0.15) is 17.3 Å². The van der Waals surface area contributed by atoms with Crippen LogP contribution in [0.15, 0.2) is 17.4 Å². The number of nitrogens with zero attached hydrogens (tertiary/aromatic N) is 4. The first-order valence-electron chi connectivity index (χ1n) is 6.05. The summed E-state index contributed by atoms with van der Waals surface area (Å²) in [5, 5.41) is 13.7. The molecule has 1 atom stereocenters. The predicted molar refractivity (Wildman–Crippen MR) is 78.8 cm³/mol. The van der Waals surface area contributed by atoms with E-state index < -0.39 is 0 Å². The van der Waals surface area contributed by atoms with Gasteiger partial charge >= 0.3 is 0 Å². The number of nitrogens with one attached hydrogen (secondary N) is 1. The Labute approximate surface area is 121 Å². The molecule has 1 N–H and O–H groups in total. The molecule has 104 valence electrons. The molecule has 0 saturated carbocycles. The van der Waals surface area contributed by atoms with Gasteiger partial charge < -0.3 is 10.1 Å². The number of hydrogen-bond donors (Lipinski definition) is 1. The summed E-state index contributed by atoms with van der Waals surface area (Å²) in [6.07, 6.45) is 3.63. The zero-order valence-corrected chi connectivity index (χ0v) is 12.4. The number of anilines is 1. The summed E-state index contributed by atoms with van der Waals surface area (Å²) in [6, 6.07) is 3.80. The molecule has 0 aliphatic rings. The number of aromatic nitrogens is 3. The summed E-state index contributed by atoms with van der Waals surface area (Å²) in [5.41, 5.74) is 1.05. The lowest BCUT2D eigenvalue weighted by molar-refractivity contribution is 0.190. The van der Waals surface area contributed by atoms with Crippen molar-refractivity contribution in [1.29, 1.82) is 5.26 Å². The zero-order valence-electron chi connectivity index (χ0n) is 11.5. The van der Waals surface area contributed by atoms with E-state index in [2.05, 4.69) is 26.3 Å². The van der Waals surface area contributed by atoms with E-state index in [1.165, 1.54) is 11.8 Å². The fraction of sp³-hybridized carbons (Fsp3) is 0.385. The first-order chi connectivity index (χ1) is 9.67. The Hall–Kier alpha value is -1.91. The van der Waals surface area contributed by atoms with Gasteiger partial charge in [-0.15, -0.1) is 0 Å². The Morgan fingerprint density at radius 1 is 1.50 bits per heavy atom. The molecular weight excluding hydrogens is 274 g/mol. The highest BCUT2D eigenvalue weighted by atomic mass is 32.2. The molecule has 0 radical (unpaired) electrons. The Bertz CT molecular complexity index is 655. The van der Waals surface area contributed by atoms with Crippen LogP contribution in [0.4, 0.5) is 5.82 Å². The third-order valence-corrected chi connectivity index (χ3v) is 3.20. The molecule has 0 spiro atoms. The van der Waals surface area contributed by atoms with E-state index in [1.54, 1.807) is 19.4 Å². The minimum Gasteiger partial charge on any atom is -0.383 e. The second-order valence-electron chi connectivity index (χ2n) is 4.26. The molecule has 0 aliphatic heterocycles. The maximum atomic E-state index is 9.05. The lowest BCUT2D eigenvalue weighted by Crippen LogP contribution is -2.22. The average molecular weight is 289 g/mol. The number of hydrogen-bond acceptors (Lipinski definition) is 7. The van der Waals surface area contributed by atoms with Crippen molar-refractivity contribution in [3.63, 3.8) is 0 Å². The van der Waals surface area contributed by atoms with Gasteiger partial charge in [-0.05, 0) is 19.2 Å². The second-order valence-corrected chi connectivity index (χ2v) is 5.04. The summed E-state index contributed by atoms with van der Waals surface area (Å²) in [6.45, 7) is 2.52. The van der Waals surface area contributed by atoms with Gasteiger partial charge in [-0.25, -0.2) is 15.0 Å². The minimum atomic E-state index is 0.0670. The summed E-state index contributed by atoms with van der Waals surface area (Å²) in [5.74, 6) is 0.585. The first kappa shape index (κ1) is 14.5. The summed E-state index contributed by atoms with van der Waals surface area (Å²) >= 11 is 1.46. The fourth-order valence-corrected chi connectivity index (χ4v) is 2.15. The van der Waals surface area contributed by atoms with Gasteiger partial charge in [0.25, 0.3) is 0 Å². The summed E-state index contributed by atoms with van der Waals surface area (Å²) < 4.78 is 5.10. The number of fused-ring (bicyclic) bond motifs is 1. The number of nitriles is 1. The first-order valence-corrected chi connectivity index (χ1v) is 7.27. The molecule has 0 aromatic carbocycles. The van der Waals surface area contributed by atoms with E-state index in [1.807, 2.05) is 13.2 Å². The van der Waals surface area contributed by atoms with Crippen LogP contribution in [0.3, 0.4) is 0 Å². The van der Waals surface area contributed by atoms with E-state index in [0.717, 1.165) is 5.39 Å². The monoisotopic (exact) mass is 289 g/mol. The lowest BCUT2D eigenvalue weighted by Gasteiger charge is -2.15. The van der Waals surface area contributed by atoms with Crippen molar-refractivity contribution in [2.75, 3.05) is 25.3 Å². The van der Waals surface area contributed by atoms with Crippen LogP contribution in [0.5, 0.6) is 0 Å². The number of pyridine rings is 1. The molecule has 0 saturated heterocycles. The van der Waals surface area contributed by atoms with Crippen molar-refractivity contribution in [3.8, 4) is 6.07 Å². The van der Waals surface area contributed by atoms with Crippen molar-refractivity contribution < 1.29 is 4.74 Å². The largest absolute Gasteiger partial charge is 0.383 e. The number of ether oxygens (including phenoxy) is 1. The fourth-order valence-electron chi connectivity index (χ4n) is 1.80. The molecule has 2 aromatic rings. The highest BCUT2D eigenvalue weighted by Gasteiger charge is 2.11. The lowest BCUT2D eigenvalue weighted by atomic mass is 10.2. The number of thioether (sulfide) groups is 1. The second kappa shape index (κ2) is 6.50. The Morgan fingerprint density at radius 2 is 2.30 bits per heavy atom. The van der Waals surface area contributed by atoms with E-state index >= 15 is 0 Å². The van der Waals surface area contributed by atoms with Crippen LogP contribution in [0.25, 0.3) is 10.9 Å². The van der Waals surface area contributed by atoms with Gasteiger partial charge in [-0.1, -0.05) is 11.8 Å². The van der Waals surface area contributed by atoms with Crippen LogP contribution >= 0.6 is 11.8 Å². The van der Waals surface area contributed by atoms with Crippen LogP contribution < -0.4 is 5.32 Å². The standard InChI is InChI=1S/C13H15N5OS/c1-8(7-19-2)16-12-11-9(4-10(5-14)17-12)6-15-13(18-11)20-3/h4,6,8H,7H2,1-3H3,(H,16,17).